The van der Waals surface area contributed by atoms with Crippen LogP contribution in [0.2, 0.25) is 0 Å². The summed E-state index contributed by atoms with van der Waals surface area (Å²) >= 11 is 1.51. The van der Waals surface area contributed by atoms with E-state index in [0.717, 1.165) is 0 Å². The van der Waals surface area contributed by atoms with E-state index in [-0.39, 0.29) is 44.7 Å². The van der Waals surface area contributed by atoms with Crippen molar-refractivity contribution in [1.29, 1.82) is 5.26 Å². The van der Waals surface area contributed by atoms with Gasteiger partial charge >= 0.3 is 12.4 Å². The fraction of sp³-hybridized carbons (Fsp3) is 0.308. The molecule has 0 saturated carbocycles. The summed E-state index contributed by atoms with van der Waals surface area (Å²) in [6.45, 7) is 2.71. The van der Waals surface area contributed by atoms with E-state index in [0.29, 0.717) is 11.3 Å². The summed E-state index contributed by atoms with van der Waals surface area (Å²) in [5, 5.41) is 18.0. The van der Waals surface area contributed by atoms with E-state index in [2.05, 4.69) is 15.7 Å². The Morgan fingerprint density at radius 2 is 1.77 bits per heavy atom. The number of carbonyl (C=O) groups is 2. The molecule has 0 saturated heterocycles. The number of nitrogens with one attached hydrogen (secondary N) is 2. The van der Waals surface area contributed by atoms with Crippen molar-refractivity contribution in [2.45, 2.75) is 38.8 Å². The van der Waals surface area contributed by atoms with E-state index in [1.54, 1.807) is 6.92 Å². The summed E-state index contributed by atoms with van der Waals surface area (Å²) in [5.41, 5.74) is -2.57. The predicted octanol–water partition coefficient (Wildman–Crippen LogP) is 5.88. The number of thioether (sulfide) groups is 1. The highest BCUT2D eigenvalue weighted by molar-refractivity contribution is 7.98. The van der Waals surface area contributed by atoms with Gasteiger partial charge in [0.15, 0.2) is 5.69 Å². The van der Waals surface area contributed by atoms with E-state index in [9.17, 15) is 41.2 Å². The van der Waals surface area contributed by atoms with Crippen molar-refractivity contribution in [3.05, 3.63) is 81.7 Å². The molecule has 1 unspecified atom stereocenters. The topological polar surface area (TPSA) is 99.8 Å². The Morgan fingerprint density at radius 1 is 1.07 bits per heavy atom. The number of aromatic nitrogens is 2. The summed E-state index contributed by atoms with van der Waals surface area (Å²) in [6.07, 6.45) is -8.25. The van der Waals surface area contributed by atoms with Crippen molar-refractivity contribution in [2.75, 3.05) is 17.3 Å². The van der Waals surface area contributed by atoms with Crippen molar-refractivity contribution >= 4 is 29.3 Å². The molecule has 0 bridgehead atoms. The molecule has 1 atom stereocenters. The predicted molar refractivity (Wildman–Crippen MR) is 137 cm³/mol. The Kier molecular flexibility index (Phi) is 9.19. The lowest BCUT2D eigenvalue weighted by molar-refractivity contribution is -0.144. The lowest BCUT2D eigenvalue weighted by atomic mass is 9.99. The maximum absolute atomic E-state index is 13.3. The van der Waals surface area contributed by atoms with Crippen molar-refractivity contribution < 1.29 is 35.9 Å². The van der Waals surface area contributed by atoms with Crippen molar-refractivity contribution in [3.8, 4) is 6.07 Å². The maximum atomic E-state index is 13.3. The molecule has 0 aliphatic carbocycles. The van der Waals surface area contributed by atoms with Crippen LogP contribution in [0.3, 0.4) is 0 Å². The molecular formula is C26H23F6N5O2S. The number of alkyl halides is 6. The molecule has 0 aliphatic rings. The third kappa shape index (κ3) is 7.15. The highest BCUT2D eigenvalue weighted by Gasteiger charge is 2.41. The number of amides is 2. The van der Waals surface area contributed by atoms with Crippen molar-refractivity contribution in [3.63, 3.8) is 0 Å². The second-order valence-corrected chi connectivity index (χ2v) is 9.75. The molecule has 1 aromatic heterocycles. The molecule has 0 spiro atoms. The molecule has 7 nitrogen and oxygen atoms in total. The normalized spacial score (nSPS) is 12.5. The van der Waals surface area contributed by atoms with Crippen LogP contribution in [0.4, 0.5) is 32.0 Å². The number of rotatable bonds is 8. The molecule has 0 radical (unpaired) electrons. The Balaban J connectivity index is 1.87. The summed E-state index contributed by atoms with van der Waals surface area (Å²) < 4.78 is 79.2. The Morgan fingerprint density at radius 3 is 2.35 bits per heavy atom. The molecule has 0 aliphatic heterocycles. The molecule has 2 amide bonds. The Hall–Kier alpha value is -3.99. The molecule has 212 valence electrons. The third-order valence-corrected chi connectivity index (χ3v) is 6.52. The number of benzene rings is 2. The summed E-state index contributed by atoms with van der Waals surface area (Å²) in [7, 11) is 0. The zero-order valence-electron chi connectivity index (χ0n) is 21.4. The second-order valence-electron chi connectivity index (χ2n) is 8.84. The van der Waals surface area contributed by atoms with Gasteiger partial charge in [0.25, 0.3) is 11.8 Å². The van der Waals surface area contributed by atoms with Gasteiger partial charge in [-0.2, -0.15) is 48.5 Å². The minimum atomic E-state index is -5.06. The van der Waals surface area contributed by atoms with Crippen LogP contribution in [0.5, 0.6) is 0 Å². The molecule has 40 heavy (non-hydrogen) atoms. The molecule has 1 heterocycles. The van der Waals surface area contributed by atoms with Crippen molar-refractivity contribution in [2.24, 2.45) is 0 Å². The molecule has 2 N–H and O–H groups in total. The van der Waals surface area contributed by atoms with Crippen LogP contribution in [-0.4, -0.2) is 39.6 Å². The number of nitriles is 1. The second kappa shape index (κ2) is 12.0. The lowest BCUT2D eigenvalue weighted by Crippen LogP contribution is -2.36. The van der Waals surface area contributed by atoms with Gasteiger partial charge in [0, 0.05) is 23.5 Å². The van der Waals surface area contributed by atoms with E-state index in [1.165, 1.54) is 55.1 Å². The average Bonchev–Trinajstić information content (AvgIpc) is 3.30. The van der Waals surface area contributed by atoms with Crippen LogP contribution in [0.25, 0.3) is 0 Å². The van der Waals surface area contributed by atoms with Crippen molar-refractivity contribution in [1.82, 2.24) is 15.1 Å². The van der Waals surface area contributed by atoms with Gasteiger partial charge in [0.2, 0.25) is 0 Å². The van der Waals surface area contributed by atoms with E-state index in [1.807, 2.05) is 12.3 Å². The monoisotopic (exact) mass is 583 g/mol. The van der Waals surface area contributed by atoms with Gasteiger partial charge in [0.05, 0.1) is 29.3 Å². The number of halogens is 6. The number of carbonyl (C=O) groups excluding carboxylic acids is 2. The van der Waals surface area contributed by atoms with E-state index < -0.39 is 42.1 Å². The highest BCUT2D eigenvalue weighted by atomic mass is 32.2. The van der Waals surface area contributed by atoms with E-state index in [4.69, 9.17) is 0 Å². The largest absolute Gasteiger partial charge is 0.435 e. The number of hydrogen-bond donors (Lipinski definition) is 2. The first-order valence-electron chi connectivity index (χ1n) is 11.6. The number of anilines is 1. The SMILES string of the molecule is CSCC(C)NC(=O)c1c(C#N)cccc1C(=O)Nc1ccc(Cn2nc(C(F)(F)F)cc2C(F)(F)F)cc1C. The highest BCUT2D eigenvalue weighted by Crippen LogP contribution is 2.35. The smallest absolute Gasteiger partial charge is 0.349 e. The molecule has 3 rings (SSSR count). The standard InChI is InChI=1S/C26H23F6N5O2S/c1-14-9-16(12-37-21(26(30,31)32)10-20(36-37)25(27,28)29)7-8-19(14)35-23(38)18-6-4-5-17(11-33)22(18)24(39)34-15(2)13-40-3/h4-10,15H,12-13H2,1-3H3,(H,34,39)(H,35,38). The van der Waals surface area contributed by atoms with Crippen LogP contribution in [0.15, 0.2) is 42.5 Å². The quantitative estimate of drug-likeness (QED) is 0.323. The minimum absolute atomic E-state index is 0.00788. The average molecular weight is 584 g/mol. The fourth-order valence-corrected chi connectivity index (χ4v) is 4.48. The number of aryl methyl sites for hydroxylation is 1. The van der Waals surface area contributed by atoms with Crippen LogP contribution >= 0.6 is 11.8 Å². The van der Waals surface area contributed by atoms with Crippen LogP contribution in [0.1, 0.15) is 55.7 Å². The van der Waals surface area contributed by atoms with Gasteiger partial charge in [-0.3, -0.25) is 14.3 Å². The first-order chi connectivity index (χ1) is 18.6. The first kappa shape index (κ1) is 30.6. The Bertz CT molecular complexity index is 1460. The van der Waals surface area contributed by atoms with Gasteiger partial charge in [-0.05, 0) is 49.4 Å². The van der Waals surface area contributed by atoms with Crippen LogP contribution in [0, 0.1) is 18.3 Å². The van der Waals surface area contributed by atoms with Gasteiger partial charge in [-0.15, -0.1) is 0 Å². The van der Waals surface area contributed by atoms with Crippen LogP contribution in [-0.2, 0) is 18.9 Å². The molecule has 14 heteroatoms. The first-order valence-corrected chi connectivity index (χ1v) is 13.0. The molecule has 2 aromatic carbocycles. The minimum Gasteiger partial charge on any atom is -0.349 e. The molecular weight excluding hydrogens is 560 g/mol. The van der Waals surface area contributed by atoms with Gasteiger partial charge < -0.3 is 10.6 Å². The number of hydrogen-bond acceptors (Lipinski definition) is 5. The zero-order valence-corrected chi connectivity index (χ0v) is 22.2. The lowest BCUT2D eigenvalue weighted by Gasteiger charge is -2.16. The summed E-state index contributed by atoms with van der Waals surface area (Å²) in [4.78, 5) is 26.1. The maximum Gasteiger partial charge on any atom is 0.435 e. The summed E-state index contributed by atoms with van der Waals surface area (Å²) in [5.74, 6) is -0.709. The van der Waals surface area contributed by atoms with Gasteiger partial charge in [-0.1, -0.05) is 18.2 Å². The Labute approximate surface area is 229 Å². The summed E-state index contributed by atoms with van der Waals surface area (Å²) in [6, 6.07) is 9.95. The van der Waals surface area contributed by atoms with E-state index >= 15 is 0 Å². The third-order valence-electron chi connectivity index (χ3n) is 5.68. The molecule has 3 aromatic rings. The van der Waals surface area contributed by atoms with Gasteiger partial charge in [0.1, 0.15) is 5.69 Å². The van der Waals surface area contributed by atoms with Crippen LogP contribution < -0.4 is 10.6 Å². The van der Waals surface area contributed by atoms with Gasteiger partial charge in [-0.25, -0.2) is 0 Å². The molecule has 0 fully saturated rings. The fourth-order valence-electron chi connectivity index (χ4n) is 3.90. The number of nitrogens with zero attached hydrogens (tertiary/aromatic N) is 3. The zero-order chi connectivity index (χ0) is 29.8.